The molecule has 3 aromatic rings. The van der Waals surface area contributed by atoms with E-state index in [1.165, 1.54) is 25.3 Å². The molecule has 0 aliphatic rings. The van der Waals surface area contributed by atoms with E-state index in [2.05, 4.69) is 20.5 Å². The Bertz CT molecular complexity index is 1050. The molecule has 0 unspecified atom stereocenters. The molecule has 3 rings (SSSR count). The molecule has 0 spiro atoms. The summed E-state index contributed by atoms with van der Waals surface area (Å²) in [5.74, 6) is -0.595. The summed E-state index contributed by atoms with van der Waals surface area (Å²) in [4.78, 5) is 20.7. The van der Waals surface area contributed by atoms with Crippen molar-refractivity contribution < 1.29 is 18.7 Å². The van der Waals surface area contributed by atoms with Crippen LogP contribution in [0, 0.1) is 19.7 Å². The maximum absolute atomic E-state index is 13.8. The molecule has 1 N–H and O–H groups in total. The Balaban J connectivity index is 1.73. The van der Waals surface area contributed by atoms with Gasteiger partial charge in [0.05, 0.1) is 18.9 Å². The topological polar surface area (TPSA) is 85.7 Å². The van der Waals surface area contributed by atoms with E-state index in [9.17, 15) is 9.18 Å². The predicted octanol–water partition coefficient (Wildman–Crippen LogP) is 3.91. The van der Waals surface area contributed by atoms with E-state index in [-0.39, 0.29) is 11.3 Å². The fourth-order valence-corrected chi connectivity index (χ4v) is 2.57. The van der Waals surface area contributed by atoms with Crippen molar-refractivity contribution in [1.29, 1.82) is 0 Å². The number of halogens is 1. The van der Waals surface area contributed by atoms with Gasteiger partial charge in [-0.05, 0) is 55.8 Å². The third-order valence-electron chi connectivity index (χ3n) is 3.84. The zero-order chi connectivity index (χ0) is 20.8. The Morgan fingerprint density at radius 1 is 1.07 bits per heavy atom. The van der Waals surface area contributed by atoms with Gasteiger partial charge in [-0.25, -0.2) is 24.6 Å². The highest BCUT2D eigenvalue weighted by atomic mass is 19.1. The van der Waals surface area contributed by atoms with E-state index in [0.717, 1.165) is 11.4 Å². The first-order chi connectivity index (χ1) is 14.0. The number of esters is 1. The van der Waals surface area contributed by atoms with E-state index in [1.54, 1.807) is 30.5 Å². The number of carbonyl (C=O) groups is 1. The van der Waals surface area contributed by atoms with Crippen LogP contribution in [0.2, 0.25) is 0 Å². The third-order valence-corrected chi connectivity index (χ3v) is 3.84. The molecule has 148 valence electrons. The number of hydrogen-bond acceptors (Lipinski definition) is 7. The average molecular weight is 394 g/mol. The number of carbonyl (C=O) groups excluding carboxylic acids is 1. The summed E-state index contributed by atoms with van der Waals surface area (Å²) >= 11 is 0. The number of ether oxygens (including phenoxy) is 2. The summed E-state index contributed by atoms with van der Waals surface area (Å²) in [5.41, 5.74) is 4.96. The zero-order valence-corrected chi connectivity index (χ0v) is 16.1. The lowest BCUT2D eigenvalue weighted by Gasteiger charge is -2.10. The van der Waals surface area contributed by atoms with Gasteiger partial charge in [-0.1, -0.05) is 12.1 Å². The summed E-state index contributed by atoms with van der Waals surface area (Å²) in [6, 6.07) is 12.3. The van der Waals surface area contributed by atoms with Gasteiger partial charge in [0.15, 0.2) is 11.5 Å². The van der Waals surface area contributed by atoms with Gasteiger partial charge in [0, 0.05) is 11.4 Å². The van der Waals surface area contributed by atoms with Crippen LogP contribution in [0.4, 0.5) is 10.3 Å². The minimum atomic E-state index is -0.809. The highest BCUT2D eigenvalue weighted by Crippen LogP contribution is 2.28. The molecule has 8 heteroatoms. The fourth-order valence-electron chi connectivity index (χ4n) is 2.57. The Morgan fingerprint density at radius 3 is 2.48 bits per heavy atom. The van der Waals surface area contributed by atoms with Gasteiger partial charge in [-0.15, -0.1) is 0 Å². The molecule has 0 amide bonds. The third kappa shape index (κ3) is 5.13. The molecular formula is C21H19FN4O3. The molecule has 0 radical (unpaired) electrons. The lowest BCUT2D eigenvalue weighted by atomic mass is 10.2. The van der Waals surface area contributed by atoms with Gasteiger partial charge in [-0.2, -0.15) is 5.10 Å². The number of nitrogens with one attached hydrogen (secondary N) is 1. The molecule has 0 saturated carbocycles. The van der Waals surface area contributed by atoms with Gasteiger partial charge in [0.2, 0.25) is 5.95 Å². The number of methoxy groups -OCH3 is 1. The monoisotopic (exact) mass is 394 g/mol. The van der Waals surface area contributed by atoms with Crippen LogP contribution in [0.1, 0.15) is 27.3 Å². The number of anilines is 1. The van der Waals surface area contributed by atoms with Crippen molar-refractivity contribution in [3.05, 3.63) is 76.9 Å². The van der Waals surface area contributed by atoms with Crippen LogP contribution in [0.15, 0.2) is 53.6 Å². The van der Waals surface area contributed by atoms with E-state index in [4.69, 9.17) is 9.47 Å². The summed E-state index contributed by atoms with van der Waals surface area (Å²) in [5, 5.41) is 4.11. The first-order valence-corrected chi connectivity index (χ1v) is 8.72. The molecule has 7 nitrogen and oxygen atoms in total. The molecule has 1 heterocycles. The van der Waals surface area contributed by atoms with Crippen LogP contribution in [0.25, 0.3) is 0 Å². The Hall–Kier alpha value is -3.81. The van der Waals surface area contributed by atoms with E-state index >= 15 is 0 Å². The van der Waals surface area contributed by atoms with Crippen LogP contribution < -0.4 is 14.9 Å². The highest BCUT2D eigenvalue weighted by molar-refractivity contribution is 5.92. The van der Waals surface area contributed by atoms with Crippen LogP contribution in [-0.4, -0.2) is 29.3 Å². The summed E-state index contributed by atoms with van der Waals surface area (Å²) in [7, 11) is 1.44. The second-order valence-electron chi connectivity index (χ2n) is 6.12. The van der Waals surface area contributed by atoms with Crippen molar-refractivity contribution in [3.8, 4) is 11.5 Å². The van der Waals surface area contributed by atoms with E-state index < -0.39 is 11.8 Å². The summed E-state index contributed by atoms with van der Waals surface area (Å²) in [6.07, 6.45) is 1.55. The Kier molecular flexibility index (Phi) is 6.13. The first kappa shape index (κ1) is 19.9. The molecule has 0 atom stereocenters. The number of hydrogen-bond donors (Lipinski definition) is 1. The van der Waals surface area contributed by atoms with Crippen molar-refractivity contribution >= 4 is 18.1 Å². The molecule has 0 aliphatic carbocycles. The molecular weight excluding hydrogens is 375 g/mol. The van der Waals surface area contributed by atoms with E-state index in [0.29, 0.717) is 17.3 Å². The predicted molar refractivity (Wildman–Crippen MR) is 107 cm³/mol. The normalized spacial score (nSPS) is 10.8. The molecule has 0 bridgehead atoms. The SMILES string of the molecule is COc1cc(/C=N/Nc2nc(C)cc(C)n2)ccc1OC(=O)c1ccccc1F. The number of nitrogens with zero attached hydrogens (tertiary/aromatic N) is 3. The second kappa shape index (κ2) is 8.92. The fraction of sp³-hybridized carbons (Fsp3) is 0.143. The molecule has 0 fully saturated rings. The van der Waals surface area contributed by atoms with Gasteiger partial charge < -0.3 is 9.47 Å². The maximum atomic E-state index is 13.8. The Morgan fingerprint density at radius 2 is 1.79 bits per heavy atom. The van der Waals surface area contributed by atoms with Crippen LogP contribution in [-0.2, 0) is 0 Å². The van der Waals surface area contributed by atoms with Crippen LogP contribution in [0.3, 0.4) is 0 Å². The number of benzene rings is 2. The van der Waals surface area contributed by atoms with Gasteiger partial charge in [0.1, 0.15) is 5.82 Å². The highest BCUT2D eigenvalue weighted by Gasteiger charge is 2.16. The quantitative estimate of drug-likeness (QED) is 0.295. The lowest BCUT2D eigenvalue weighted by Crippen LogP contribution is -2.11. The lowest BCUT2D eigenvalue weighted by molar-refractivity contribution is 0.0725. The summed E-state index contributed by atoms with van der Waals surface area (Å²) < 4.78 is 24.3. The van der Waals surface area contributed by atoms with Crippen LogP contribution >= 0.6 is 0 Å². The Labute approximate surface area is 167 Å². The average Bonchev–Trinajstić information content (AvgIpc) is 2.68. The summed E-state index contributed by atoms with van der Waals surface area (Å²) in [6.45, 7) is 3.74. The van der Waals surface area contributed by atoms with Crippen molar-refractivity contribution in [2.75, 3.05) is 12.5 Å². The minimum absolute atomic E-state index is 0.155. The maximum Gasteiger partial charge on any atom is 0.346 e. The molecule has 0 saturated heterocycles. The van der Waals surface area contributed by atoms with E-state index in [1.807, 2.05) is 19.9 Å². The van der Waals surface area contributed by atoms with Gasteiger partial charge in [-0.3, -0.25) is 0 Å². The number of aryl methyl sites for hydroxylation is 2. The number of rotatable bonds is 6. The first-order valence-electron chi connectivity index (χ1n) is 8.72. The van der Waals surface area contributed by atoms with Crippen molar-refractivity contribution in [3.63, 3.8) is 0 Å². The van der Waals surface area contributed by atoms with Gasteiger partial charge in [0.25, 0.3) is 0 Å². The largest absolute Gasteiger partial charge is 0.493 e. The zero-order valence-electron chi connectivity index (χ0n) is 16.1. The minimum Gasteiger partial charge on any atom is -0.493 e. The second-order valence-corrected chi connectivity index (χ2v) is 6.12. The molecule has 0 aliphatic heterocycles. The smallest absolute Gasteiger partial charge is 0.346 e. The molecule has 2 aromatic carbocycles. The van der Waals surface area contributed by atoms with Crippen LogP contribution in [0.5, 0.6) is 11.5 Å². The molecule has 1 aromatic heterocycles. The van der Waals surface area contributed by atoms with Gasteiger partial charge >= 0.3 is 5.97 Å². The molecule has 29 heavy (non-hydrogen) atoms. The van der Waals surface area contributed by atoms with Crippen molar-refractivity contribution in [2.45, 2.75) is 13.8 Å². The van der Waals surface area contributed by atoms with Crippen molar-refractivity contribution in [2.24, 2.45) is 5.10 Å². The number of hydrazone groups is 1. The van der Waals surface area contributed by atoms with Crippen molar-refractivity contribution in [1.82, 2.24) is 9.97 Å². The standard InChI is InChI=1S/C21H19FN4O3/c1-13-10-14(2)25-21(24-13)26-23-12-15-8-9-18(19(11-15)28-3)29-20(27)16-6-4-5-7-17(16)22/h4-12H,1-3H3,(H,24,25,26)/b23-12+. The number of aromatic nitrogens is 2.